The fourth-order valence-electron chi connectivity index (χ4n) is 2.03. The number of aromatic amines is 1. The minimum atomic E-state index is -0.516. The van der Waals surface area contributed by atoms with Crippen LogP contribution in [-0.4, -0.2) is 28.1 Å². The molecule has 0 saturated carbocycles. The predicted molar refractivity (Wildman–Crippen MR) is 88.1 cm³/mol. The number of hydrogen-bond donors (Lipinski definition) is 3. The molecule has 8 heteroatoms. The number of H-pyrrole nitrogens is 1. The van der Waals surface area contributed by atoms with Crippen molar-refractivity contribution in [2.75, 3.05) is 11.9 Å². The smallest absolute Gasteiger partial charge is 0.274 e. The van der Waals surface area contributed by atoms with Crippen molar-refractivity contribution >= 4 is 29.1 Å². The summed E-state index contributed by atoms with van der Waals surface area (Å²) in [6, 6.07) is 5.78. The molecule has 0 unspecified atom stereocenters. The summed E-state index contributed by atoms with van der Waals surface area (Å²) in [5.74, 6) is -0.820. The summed E-state index contributed by atoms with van der Waals surface area (Å²) in [5.41, 5.74) is 0.348. The van der Waals surface area contributed by atoms with Crippen LogP contribution in [0.4, 0.5) is 5.69 Å². The number of aryl methyl sites for hydroxylation is 1. The van der Waals surface area contributed by atoms with Gasteiger partial charge in [0.15, 0.2) is 0 Å². The molecule has 0 aliphatic heterocycles. The molecule has 23 heavy (non-hydrogen) atoms. The first kappa shape index (κ1) is 16.8. The van der Waals surface area contributed by atoms with E-state index in [2.05, 4.69) is 15.7 Å². The van der Waals surface area contributed by atoms with E-state index in [1.54, 1.807) is 19.2 Å². The first-order valence-corrected chi connectivity index (χ1v) is 7.45. The summed E-state index contributed by atoms with van der Waals surface area (Å²) in [7, 11) is 1.54. The molecule has 1 aromatic heterocycles. The third kappa shape index (κ3) is 4.01. The number of carbonyl (C=O) groups excluding carboxylic acids is 2. The lowest BCUT2D eigenvalue weighted by molar-refractivity contribution is 0.0954. The van der Waals surface area contributed by atoms with Crippen LogP contribution in [0.5, 0.6) is 0 Å². The van der Waals surface area contributed by atoms with E-state index < -0.39 is 5.91 Å². The molecule has 122 valence electrons. The zero-order valence-corrected chi connectivity index (χ0v) is 13.5. The number of carbonyl (C=O) groups is 2. The average Bonchev–Trinajstić information content (AvgIpc) is 2.83. The Labute approximate surface area is 137 Å². The molecule has 3 N–H and O–H groups in total. The molecule has 0 aliphatic rings. The van der Waals surface area contributed by atoms with Crippen molar-refractivity contribution in [2.45, 2.75) is 13.3 Å². The van der Waals surface area contributed by atoms with Crippen LogP contribution in [0.2, 0.25) is 5.02 Å². The molecule has 7 nitrogen and oxygen atoms in total. The maximum Gasteiger partial charge on any atom is 0.274 e. The molecule has 1 heterocycles. The lowest BCUT2D eigenvalue weighted by atomic mass is 10.1. The summed E-state index contributed by atoms with van der Waals surface area (Å²) in [5, 5.41) is 8.19. The maximum atomic E-state index is 12.3. The Morgan fingerprint density at radius 2 is 2.00 bits per heavy atom. The number of halogens is 1. The van der Waals surface area contributed by atoms with Crippen LogP contribution in [0.15, 0.2) is 29.1 Å². The standard InChI is InChI=1S/C15H17ClN4O3/c1-3-6-17-14(22)10-5-4-9(16)7-11(10)18-15(23)12-8-13(21)19-20(12)2/h4-5,7-8H,3,6H2,1-2H3,(H,17,22)(H,18,23)(H,19,21). The van der Waals surface area contributed by atoms with Crippen molar-refractivity contribution in [1.29, 1.82) is 0 Å². The van der Waals surface area contributed by atoms with Crippen LogP contribution >= 0.6 is 11.6 Å². The minimum Gasteiger partial charge on any atom is -0.352 e. The number of hydrogen-bond acceptors (Lipinski definition) is 3. The highest BCUT2D eigenvalue weighted by Gasteiger charge is 2.17. The van der Waals surface area contributed by atoms with Gasteiger partial charge < -0.3 is 10.6 Å². The fourth-order valence-corrected chi connectivity index (χ4v) is 2.21. The van der Waals surface area contributed by atoms with Crippen molar-refractivity contribution in [3.8, 4) is 0 Å². The summed E-state index contributed by atoms with van der Waals surface area (Å²) in [6.07, 6.45) is 0.798. The van der Waals surface area contributed by atoms with Crippen LogP contribution in [0.1, 0.15) is 34.2 Å². The molecule has 2 aromatic rings. The zero-order chi connectivity index (χ0) is 17.0. The second-order valence-electron chi connectivity index (χ2n) is 4.96. The fraction of sp³-hybridized carbons (Fsp3) is 0.267. The van der Waals surface area contributed by atoms with E-state index in [-0.39, 0.29) is 22.8 Å². The van der Waals surface area contributed by atoms with Gasteiger partial charge >= 0.3 is 0 Å². The Hall–Kier alpha value is -2.54. The second-order valence-corrected chi connectivity index (χ2v) is 5.40. The zero-order valence-electron chi connectivity index (χ0n) is 12.8. The van der Waals surface area contributed by atoms with Gasteiger partial charge in [-0.15, -0.1) is 0 Å². The van der Waals surface area contributed by atoms with Gasteiger partial charge in [0.05, 0.1) is 11.3 Å². The van der Waals surface area contributed by atoms with Crippen molar-refractivity contribution in [2.24, 2.45) is 7.05 Å². The highest BCUT2D eigenvalue weighted by Crippen LogP contribution is 2.21. The van der Waals surface area contributed by atoms with Gasteiger partial charge in [-0.1, -0.05) is 18.5 Å². The molecule has 0 fully saturated rings. The monoisotopic (exact) mass is 336 g/mol. The molecule has 2 rings (SSSR count). The van der Waals surface area contributed by atoms with Crippen molar-refractivity contribution in [1.82, 2.24) is 15.1 Å². The lowest BCUT2D eigenvalue weighted by Gasteiger charge is -2.12. The van der Waals surface area contributed by atoms with Crippen molar-refractivity contribution in [3.63, 3.8) is 0 Å². The van der Waals surface area contributed by atoms with E-state index in [4.69, 9.17) is 11.6 Å². The molecule has 0 aliphatic carbocycles. The third-order valence-electron chi connectivity index (χ3n) is 3.15. The number of anilines is 1. The summed E-state index contributed by atoms with van der Waals surface area (Å²) in [6.45, 7) is 2.47. The van der Waals surface area contributed by atoms with Crippen molar-refractivity contribution < 1.29 is 9.59 Å². The Balaban J connectivity index is 2.29. The highest BCUT2D eigenvalue weighted by molar-refractivity contribution is 6.31. The normalized spacial score (nSPS) is 10.4. The Kier molecular flexibility index (Phi) is 5.23. The topological polar surface area (TPSA) is 96.0 Å². The molecular formula is C15H17ClN4O3. The van der Waals surface area contributed by atoms with Gasteiger partial charge in [-0.2, -0.15) is 0 Å². The van der Waals surface area contributed by atoms with Gasteiger partial charge in [0, 0.05) is 24.7 Å². The van der Waals surface area contributed by atoms with Crippen LogP contribution < -0.4 is 16.2 Å². The van der Waals surface area contributed by atoms with Gasteiger partial charge in [-0.05, 0) is 24.6 Å². The van der Waals surface area contributed by atoms with Crippen molar-refractivity contribution in [3.05, 3.63) is 50.9 Å². The number of nitrogens with zero attached hydrogens (tertiary/aromatic N) is 1. The summed E-state index contributed by atoms with van der Waals surface area (Å²) < 4.78 is 1.30. The van der Waals surface area contributed by atoms with Crippen LogP contribution in [0, 0.1) is 0 Å². The maximum absolute atomic E-state index is 12.3. The first-order valence-electron chi connectivity index (χ1n) is 7.07. The Bertz CT molecular complexity index is 794. The molecule has 1 aromatic carbocycles. The van der Waals surface area contributed by atoms with E-state index in [0.29, 0.717) is 17.1 Å². The van der Waals surface area contributed by atoms with Crippen LogP contribution in [0.3, 0.4) is 0 Å². The largest absolute Gasteiger partial charge is 0.352 e. The molecular weight excluding hydrogens is 320 g/mol. The molecule has 0 bridgehead atoms. The first-order chi connectivity index (χ1) is 10.9. The SMILES string of the molecule is CCCNC(=O)c1ccc(Cl)cc1NC(=O)c1cc(=O)[nH]n1C. The van der Waals surface area contributed by atoms with Crippen LogP contribution in [-0.2, 0) is 7.05 Å². The van der Waals surface area contributed by atoms with E-state index in [1.165, 1.54) is 16.8 Å². The summed E-state index contributed by atoms with van der Waals surface area (Å²) >= 11 is 5.95. The Morgan fingerprint density at radius 3 is 2.61 bits per heavy atom. The third-order valence-corrected chi connectivity index (χ3v) is 3.38. The quantitative estimate of drug-likeness (QED) is 0.776. The second kappa shape index (κ2) is 7.15. The number of nitrogens with one attached hydrogen (secondary N) is 3. The number of amides is 2. The molecule has 0 radical (unpaired) electrons. The van der Waals surface area contributed by atoms with E-state index in [1.807, 2.05) is 6.92 Å². The number of benzene rings is 1. The average molecular weight is 337 g/mol. The van der Waals surface area contributed by atoms with Gasteiger partial charge in [-0.25, -0.2) is 0 Å². The molecule has 0 spiro atoms. The molecule has 0 atom stereocenters. The number of aromatic nitrogens is 2. The lowest BCUT2D eigenvalue weighted by Crippen LogP contribution is -2.26. The van der Waals surface area contributed by atoms with Gasteiger partial charge in [0.25, 0.3) is 17.4 Å². The Morgan fingerprint density at radius 1 is 1.26 bits per heavy atom. The number of rotatable bonds is 5. The van der Waals surface area contributed by atoms with Crippen LogP contribution in [0.25, 0.3) is 0 Å². The van der Waals surface area contributed by atoms with E-state index in [9.17, 15) is 14.4 Å². The van der Waals surface area contributed by atoms with E-state index in [0.717, 1.165) is 6.42 Å². The predicted octanol–water partition coefficient (Wildman–Crippen LogP) is 1.76. The van der Waals surface area contributed by atoms with Gasteiger partial charge in [0.2, 0.25) is 0 Å². The molecule has 2 amide bonds. The van der Waals surface area contributed by atoms with E-state index >= 15 is 0 Å². The highest BCUT2D eigenvalue weighted by atomic mass is 35.5. The molecule has 0 saturated heterocycles. The minimum absolute atomic E-state index is 0.148. The summed E-state index contributed by atoms with van der Waals surface area (Å²) in [4.78, 5) is 35.7. The van der Waals surface area contributed by atoms with Gasteiger partial charge in [0.1, 0.15) is 5.69 Å². The van der Waals surface area contributed by atoms with Gasteiger partial charge in [-0.3, -0.25) is 24.2 Å².